The number of aryl methyl sites for hydroxylation is 1. The van der Waals surface area contributed by atoms with Gasteiger partial charge in [0.25, 0.3) is 6.71 Å². The molecule has 14 rings (SSSR count). The Labute approximate surface area is 358 Å². The SMILES string of the molecule is c1ccc2c(c1)C1CCCCCC1N2c1cc2c3c(c1)Sc1cc(-n4c5c(c6c4CCCC6)CCCC5)ccc1B3c1ccc(-n3c4c(c5ccccc53)CCC4)cc1O2. The van der Waals surface area contributed by atoms with Crippen LogP contribution in [0.4, 0.5) is 11.4 Å². The minimum Gasteiger partial charge on any atom is -0.458 e. The molecule has 5 aromatic carbocycles. The highest BCUT2D eigenvalue weighted by Gasteiger charge is 2.43. The highest BCUT2D eigenvalue weighted by molar-refractivity contribution is 8.00. The van der Waals surface area contributed by atoms with Crippen LogP contribution >= 0.6 is 11.8 Å². The summed E-state index contributed by atoms with van der Waals surface area (Å²) in [4.78, 5) is 5.48. The first kappa shape index (κ1) is 34.6. The average molecular weight is 800 g/mol. The van der Waals surface area contributed by atoms with Gasteiger partial charge < -0.3 is 18.8 Å². The molecule has 4 aliphatic carbocycles. The van der Waals surface area contributed by atoms with Crippen LogP contribution in [-0.4, -0.2) is 21.9 Å². The maximum absolute atomic E-state index is 7.31. The first-order chi connectivity index (χ1) is 29.8. The van der Waals surface area contributed by atoms with E-state index in [0.29, 0.717) is 12.0 Å². The molecule has 5 heterocycles. The van der Waals surface area contributed by atoms with Crippen LogP contribution < -0.4 is 26.0 Å². The molecule has 3 aliphatic heterocycles. The summed E-state index contributed by atoms with van der Waals surface area (Å²) in [5.41, 5.74) is 21.8. The fraction of sp³-hybridized carbons (Fsp3) is 0.333. The Bertz CT molecular complexity index is 2920. The lowest BCUT2D eigenvalue weighted by Gasteiger charge is -2.36. The van der Waals surface area contributed by atoms with Gasteiger partial charge in [-0.25, -0.2) is 0 Å². The topological polar surface area (TPSA) is 22.3 Å². The second kappa shape index (κ2) is 13.2. The van der Waals surface area contributed by atoms with Gasteiger partial charge in [0.2, 0.25) is 0 Å². The fourth-order valence-electron chi connectivity index (χ4n) is 13.4. The second-order valence-electron chi connectivity index (χ2n) is 18.9. The van der Waals surface area contributed by atoms with Crippen molar-refractivity contribution in [2.45, 2.75) is 124 Å². The van der Waals surface area contributed by atoms with E-state index < -0.39 is 0 Å². The van der Waals surface area contributed by atoms with Gasteiger partial charge in [0.1, 0.15) is 11.5 Å². The molecule has 6 heteroatoms. The van der Waals surface area contributed by atoms with E-state index in [0.717, 1.165) is 24.3 Å². The molecule has 0 amide bonds. The van der Waals surface area contributed by atoms with Gasteiger partial charge in [-0.2, -0.15) is 0 Å². The van der Waals surface area contributed by atoms with Crippen LogP contribution in [0.5, 0.6) is 11.5 Å². The predicted octanol–water partition coefficient (Wildman–Crippen LogP) is 11.3. The first-order valence-corrected chi connectivity index (χ1v) is 24.1. The Hall–Kier alpha value is -5.07. The van der Waals surface area contributed by atoms with Crippen LogP contribution in [0.2, 0.25) is 0 Å². The molecule has 0 radical (unpaired) electrons. The Balaban J connectivity index is 0.961. The Kier molecular flexibility index (Phi) is 7.63. The first-order valence-electron chi connectivity index (χ1n) is 23.3. The van der Waals surface area contributed by atoms with Crippen molar-refractivity contribution in [1.29, 1.82) is 0 Å². The summed E-state index contributed by atoms with van der Waals surface area (Å²) in [5.74, 6) is 2.62. The molecular weight excluding hydrogens is 749 g/mol. The lowest BCUT2D eigenvalue weighted by Crippen LogP contribution is -2.57. The van der Waals surface area contributed by atoms with Gasteiger partial charge in [-0.15, -0.1) is 0 Å². The largest absolute Gasteiger partial charge is 0.458 e. The Morgan fingerprint density at radius 2 is 1.22 bits per heavy atom. The fourth-order valence-corrected chi connectivity index (χ4v) is 14.6. The van der Waals surface area contributed by atoms with Crippen LogP contribution in [0.3, 0.4) is 0 Å². The van der Waals surface area contributed by atoms with Crippen LogP contribution in [-0.2, 0) is 38.5 Å². The number of anilines is 2. The number of nitrogens with zero attached hydrogens (tertiary/aromatic N) is 3. The summed E-state index contributed by atoms with van der Waals surface area (Å²) in [5, 5.41) is 1.41. The Morgan fingerprint density at radius 1 is 0.533 bits per heavy atom. The quantitative estimate of drug-likeness (QED) is 0.166. The van der Waals surface area contributed by atoms with Crippen LogP contribution in [0.25, 0.3) is 22.3 Å². The van der Waals surface area contributed by atoms with Gasteiger partial charge >= 0.3 is 0 Å². The van der Waals surface area contributed by atoms with Crippen LogP contribution in [0.15, 0.2) is 107 Å². The van der Waals surface area contributed by atoms with E-state index in [9.17, 15) is 0 Å². The van der Waals surface area contributed by atoms with Gasteiger partial charge in [0, 0.05) is 79.1 Å². The monoisotopic (exact) mass is 799 g/mol. The number of hydrogen-bond donors (Lipinski definition) is 0. The molecule has 0 N–H and O–H groups in total. The van der Waals surface area contributed by atoms with E-state index in [2.05, 4.69) is 111 Å². The van der Waals surface area contributed by atoms with Gasteiger partial charge in [0.15, 0.2) is 0 Å². The van der Waals surface area contributed by atoms with E-state index >= 15 is 0 Å². The summed E-state index contributed by atoms with van der Waals surface area (Å²) < 4.78 is 12.6. The molecular formula is C54H50BN3OS. The number of benzene rings is 5. The van der Waals surface area contributed by atoms with Gasteiger partial charge in [0.05, 0.1) is 5.52 Å². The summed E-state index contributed by atoms with van der Waals surface area (Å²) in [7, 11) is 0. The molecule has 1 saturated carbocycles. The molecule has 1 fully saturated rings. The minimum absolute atomic E-state index is 0.114. The molecule has 4 nitrogen and oxygen atoms in total. The minimum atomic E-state index is 0.114. The number of para-hydroxylation sites is 2. The van der Waals surface area contributed by atoms with Gasteiger partial charge in [-0.05, 0) is 153 Å². The number of ether oxygens (including phenoxy) is 1. The summed E-state index contributed by atoms with van der Waals surface area (Å²) in [6.45, 7) is 0.114. The van der Waals surface area contributed by atoms with E-state index in [-0.39, 0.29) is 6.71 Å². The molecule has 7 aromatic rings. The molecule has 2 unspecified atom stereocenters. The molecule has 0 bridgehead atoms. The van der Waals surface area contributed by atoms with E-state index in [1.807, 2.05) is 11.8 Å². The molecule has 0 spiro atoms. The van der Waals surface area contributed by atoms with Crippen molar-refractivity contribution in [2.24, 2.45) is 0 Å². The summed E-state index contributed by atoms with van der Waals surface area (Å²) in [6.07, 6.45) is 20.2. The van der Waals surface area contributed by atoms with Crippen LogP contribution in [0, 0.1) is 0 Å². The second-order valence-corrected chi connectivity index (χ2v) is 20.0. The van der Waals surface area contributed by atoms with Crippen molar-refractivity contribution < 1.29 is 4.74 Å². The van der Waals surface area contributed by atoms with Crippen molar-refractivity contribution in [3.05, 3.63) is 136 Å². The third-order valence-electron chi connectivity index (χ3n) is 15.8. The third kappa shape index (κ3) is 4.89. The number of rotatable bonds is 3. The van der Waals surface area contributed by atoms with Crippen molar-refractivity contribution in [1.82, 2.24) is 9.13 Å². The van der Waals surface area contributed by atoms with Crippen molar-refractivity contribution >= 4 is 57.1 Å². The lowest BCUT2D eigenvalue weighted by molar-refractivity contribution is 0.485. The maximum Gasteiger partial charge on any atom is 0.253 e. The van der Waals surface area contributed by atoms with Crippen molar-refractivity contribution in [3.8, 4) is 22.9 Å². The smallest absolute Gasteiger partial charge is 0.253 e. The van der Waals surface area contributed by atoms with Gasteiger partial charge in [-0.1, -0.05) is 85.0 Å². The lowest BCUT2D eigenvalue weighted by atomic mass is 9.35. The number of fused-ring (bicyclic) bond motifs is 13. The zero-order valence-corrected chi connectivity index (χ0v) is 35.3. The van der Waals surface area contributed by atoms with Crippen molar-refractivity contribution in [2.75, 3.05) is 4.90 Å². The van der Waals surface area contributed by atoms with Gasteiger partial charge in [-0.3, -0.25) is 0 Å². The zero-order valence-electron chi connectivity index (χ0n) is 34.4. The van der Waals surface area contributed by atoms with Crippen molar-refractivity contribution in [3.63, 3.8) is 0 Å². The standard InChI is InChI=1S/C54H50BN3OS/c1-2-13-36-39-16-7-11-23-48(39)58(47(36)19-3-1)35-30-51-54-53(32-35)60-52-31-34(57-45-21-9-4-14-37(45)38-15-5-10-22-46(38)57)26-28-43(52)55(54)42-27-25-33(29-50(42)59-51)56-44-20-8-6-17-40(44)41-18-12-24-49(41)56/h6-8,11,16-17,20,23,25-32,36,47H,1-5,9-10,12-15,18-19,21-22,24H2. The summed E-state index contributed by atoms with van der Waals surface area (Å²) in [6, 6.07) is 38.5. The maximum atomic E-state index is 7.31. The molecule has 2 atom stereocenters. The molecule has 60 heavy (non-hydrogen) atoms. The molecule has 2 aromatic heterocycles. The van der Waals surface area contributed by atoms with E-state index in [4.69, 9.17) is 4.74 Å². The normalized spacial score (nSPS) is 20.6. The zero-order chi connectivity index (χ0) is 39.1. The molecule has 0 saturated heterocycles. The van der Waals surface area contributed by atoms with Crippen LogP contribution in [0.1, 0.15) is 109 Å². The number of hydrogen-bond acceptors (Lipinski definition) is 3. The third-order valence-corrected chi connectivity index (χ3v) is 17.0. The highest BCUT2D eigenvalue weighted by Crippen LogP contribution is 2.52. The molecule has 7 aliphatic rings. The summed E-state index contributed by atoms with van der Waals surface area (Å²) >= 11 is 1.99. The highest BCUT2D eigenvalue weighted by atomic mass is 32.2. The molecule has 296 valence electrons. The number of aromatic nitrogens is 2. The Morgan fingerprint density at radius 3 is 2.10 bits per heavy atom. The van der Waals surface area contributed by atoms with E-state index in [1.54, 1.807) is 22.5 Å². The predicted molar refractivity (Wildman–Crippen MR) is 248 cm³/mol. The van der Waals surface area contributed by atoms with E-state index in [1.165, 1.54) is 167 Å². The average Bonchev–Trinajstić information content (AvgIpc) is 4.01.